The minimum absolute atomic E-state index is 0.536. The first-order valence-electron chi connectivity index (χ1n) is 6.12. The van der Waals surface area contributed by atoms with E-state index in [0.717, 1.165) is 0 Å². The van der Waals surface area contributed by atoms with E-state index in [1.54, 1.807) is 0 Å². The van der Waals surface area contributed by atoms with Crippen molar-refractivity contribution in [1.82, 2.24) is 4.98 Å². The predicted molar refractivity (Wildman–Crippen MR) is 68.8 cm³/mol. The molecule has 2 aromatic rings. The van der Waals surface area contributed by atoms with E-state index < -0.39 is 0 Å². The van der Waals surface area contributed by atoms with Gasteiger partial charge in [0.1, 0.15) is 0 Å². The summed E-state index contributed by atoms with van der Waals surface area (Å²) in [5.41, 5.74) is 4.22. The first kappa shape index (κ1) is 9.71. The number of para-hydroxylation sites is 1. The summed E-state index contributed by atoms with van der Waals surface area (Å²) < 4.78 is 0. The van der Waals surface area contributed by atoms with Crippen LogP contribution in [0, 0.1) is 0 Å². The molecule has 1 aliphatic carbocycles. The summed E-state index contributed by atoms with van der Waals surface area (Å²) in [6, 6.07) is 8.62. The molecule has 1 aromatic carbocycles. The fourth-order valence-electron chi connectivity index (χ4n) is 2.89. The average molecular weight is 211 g/mol. The second-order valence-corrected chi connectivity index (χ2v) is 4.65. The highest BCUT2D eigenvalue weighted by atomic mass is 14.7. The Morgan fingerprint density at radius 2 is 2.12 bits per heavy atom. The van der Waals surface area contributed by atoms with E-state index in [1.165, 1.54) is 47.8 Å². The van der Waals surface area contributed by atoms with Gasteiger partial charge in [0.25, 0.3) is 0 Å². The number of aromatic nitrogens is 1. The number of aryl methyl sites for hydroxylation is 1. The van der Waals surface area contributed by atoms with Crippen molar-refractivity contribution in [2.75, 3.05) is 0 Å². The highest BCUT2D eigenvalue weighted by Crippen LogP contribution is 2.36. The number of fused-ring (bicyclic) bond motifs is 3. The molecule has 0 spiro atoms. The summed E-state index contributed by atoms with van der Waals surface area (Å²) in [4.78, 5) is 3.57. The van der Waals surface area contributed by atoms with Crippen molar-refractivity contribution < 1.29 is 0 Å². The molecule has 82 valence electrons. The molecule has 1 heteroatoms. The van der Waals surface area contributed by atoms with Crippen molar-refractivity contribution in [3.05, 3.63) is 48.2 Å². The lowest BCUT2D eigenvalue weighted by Gasteiger charge is -2.10. The number of benzene rings is 1. The van der Waals surface area contributed by atoms with Gasteiger partial charge in [-0.05, 0) is 30.9 Å². The molecule has 1 nitrogen and oxygen atoms in total. The van der Waals surface area contributed by atoms with E-state index in [9.17, 15) is 0 Å². The third-order valence-corrected chi connectivity index (χ3v) is 3.68. The van der Waals surface area contributed by atoms with Crippen molar-refractivity contribution >= 4 is 10.9 Å². The standard InChI is InChI=1S/C15H17N/c1-2-11-7-3-5-10-14-15(11)12-8-4-6-9-13(12)16-14/h2,4,6,8-9,11,16H,1,3,5,7,10H2. The maximum atomic E-state index is 4.00. The Labute approximate surface area is 96.2 Å². The Balaban J connectivity index is 2.27. The zero-order valence-corrected chi connectivity index (χ0v) is 9.50. The summed E-state index contributed by atoms with van der Waals surface area (Å²) in [7, 11) is 0. The van der Waals surface area contributed by atoms with E-state index in [-0.39, 0.29) is 0 Å². The number of hydrogen-bond donors (Lipinski definition) is 1. The molecule has 0 bridgehead atoms. The quantitative estimate of drug-likeness (QED) is 0.538. The fraction of sp³-hybridized carbons (Fsp3) is 0.333. The molecule has 1 heterocycles. The molecule has 0 saturated heterocycles. The fourth-order valence-corrected chi connectivity index (χ4v) is 2.89. The summed E-state index contributed by atoms with van der Waals surface area (Å²) in [5, 5.41) is 1.39. The molecule has 1 aliphatic rings. The van der Waals surface area contributed by atoms with Crippen LogP contribution >= 0.6 is 0 Å². The van der Waals surface area contributed by atoms with Gasteiger partial charge in [-0.2, -0.15) is 0 Å². The highest BCUT2D eigenvalue weighted by molar-refractivity contribution is 5.85. The number of hydrogen-bond acceptors (Lipinski definition) is 0. The highest BCUT2D eigenvalue weighted by Gasteiger charge is 2.20. The van der Waals surface area contributed by atoms with E-state index in [2.05, 4.69) is 41.9 Å². The molecular formula is C15H17N. The van der Waals surface area contributed by atoms with Crippen molar-refractivity contribution in [3.63, 3.8) is 0 Å². The van der Waals surface area contributed by atoms with E-state index in [1.807, 2.05) is 0 Å². The van der Waals surface area contributed by atoms with Gasteiger partial charge in [0.2, 0.25) is 0 Å². The Morgan fingerprint density at radius 1 is 1.25 bits per heavy atom. The number of aromatic amines is 1. The van der Waals surface area contributed by atoms with Gasteiger partial charge in [0, 0.05) is 22.5 Å². The predicted octanol–water partition coefficient (Wildman–Crippen LogP) is 4.16. The Bertz CT molecular complexity index is 521. The lowest BCUT2D eigenvalue weighted by Crippen LogP contribution is -1.94. The molecule has 16 heavy (non-hydrogen) atoms. The molecule has 0 fully saturated rings. The van der Waals surface area contributed by atoms with Gasteiger partial charge in [0.05, 0.1) is 0 Å². The van der Waals surface area contributed by atoms with Crippen LogP contribution in [0.3, 0.4) is 0 Å². The van der Waals surface area contributed by atoms with Crippen molar-refractivity contribution in [3.8, 4) is 0 Å². The molecule has 1 N–H and O–H groups in total. The molecule has 1 aromatic heterocycles. The Morgan fingerprint density at radius 3 is 3.00 bits per heavy atom. The van der Waals surface area contributed by atoms with Crippen LogP contribution in [0.25, 0.3) is 10.9 Å². The minimum atomic E-state index is 0.536. The smallest absolute Gasteiger partial charge is 0.0459 e. The normalized spacial score (nSPS) is 20.4. The van der Waals surface area contributed by atoms with Crippen molar-refractivity contribution in [1.29, 1.82) is 0 Å². The third kappa shape index (κ3) is 1.39. The first-order chi connectivity index (χ1) is 7.90. The van der Waals surface area contributed by atoms with Crippen LogP contribution in [0.1, 0.15) is 36.4 Å². The van der Waals surface area contributed by atoms with Crippen LogP contribution < -0.4 is 0 Å². The summed E-state index contributed by atoms with van der Waals surface area (Å²) >= 11 is 0. The topological polar surface area (TPSA) is 15.8 Å². The molecule has 0 amide bonds. The van der Waals surface area contributed by atoms with Crippen LogP contribution in [0.15, 0.2) is 36.9 Å². The van der Waals surface area contributed by atoms with Gasteiger partial charge < -0.3 is 4.98 Å². The monoisotopic (exact) mass is 211 g/mol. The van der Waals surface area contributed by atoms with E-state index >= 15 is 0 Å². The number of H-pyrrole nitrogens is 1. The van der Waals surface area contributed by atoms with E-state index in [4.69, 9.17) is 0 Å². The zero-order chi connectivity index (χ0) is 11.0. The van der Waals surface area contributed by atoms with E-state index in [0.29, 0.717) is 5.92 Å². The van der Waals surface area contributed by atoms with Gasteiger partial charge in [0.15, 0.2) is 0 Å². The van der Waals surface area contributed by atoms with Gasteiger partial charge in [-0.3, -0.25) is 0 Å². The van der Waals surface area contributed by atoms with Gasteiger partial charge >= 0.3 is 0 Å². The molecular weight excluding hydrogens is 194 g/mol. The molecule has 1 unspecified atom stereocenters. The lowest BCUT2D eigenvalue weighted by molar-refractivity contribution is 0.671. The number of allylic oxidation sites excluding steroid dienone is 1. The second kappa shape index (κ2) is 3.82. The third-order valence-electron chi connectivity index (χ3n) is 3.68. The zero-order valence-electron chi connectivity index (χ0n) is 9.50. The van der Waals surface area contributed by atoms with Gasteiger partial charge in [-0.15, -0.1) is 6.58 Å². The van der Waals surface area contributed by atoms with Gasteiger partial charge in [-0.25, -0.2) is 0 Å². The van der Waals surface area contributed by atoms with Crippen LogP contribution in [-0.4, -0.2) is 4.98 Å². The summed E-state index contributed by atoms with van der Waals surface area (Å²) in [6.07, 6.45) is 7.16. The summed E-state index contributed by atoms with van der Waals surface area (Å²) in [5.74, 6) is 0.536. The molecule has 0 aliphatic heterocycles. The van der Waals surface area contributed by atoms with Crippen LogP contribution in [0.5, 0.6) is 0 Å². The molecule has 3 rings (SSSR count). The van der Waals surface area contributed by atoms with Gasteiger partial charge in [-0.1, -0.05) is 30.7 Å². The summed E-state index contributed by atoms with van der Waals surface area (Å²) in [6.45, 7) is 4.00. The van der Waals surface area contributed by atoms with Crippen molar-refractivity contribution in [2.24, 2.45) is 0 Å². The van der Waals surface area contributed by atoms with Crippen LogP contribution in [0.4, 0.5) is 0 Å². The van der Waals surface area contributed by atoms with Crippen molar-refractivity contribution in [2.45, 2.75) is 31.6 Å². The Hall–Kier alpha value is -1.50. The average Bonchev–Trinajstić information content (AvgIpc) is 2.56. The van der Waals surface area contributed by atoms with Crippen LogP contribution in [0.2, 0.25) is 0 Å². The maximum Gasteiger partial charge on any atom is 0.0459 e. The molecule has 0 saturated carbocycles. The molecule has 1 atom stereocenters. The maximum absolute atomic E-state index is 4.00. The molecule has 0 radical (unpaired) electrons. The lowest BCUT2D eigenvalue weighted by atomic mass is 9.94. The number of nitrogens with one attached hydrogen (secondary N) is 1. The first-order valence-corrected chi connectivity index (χ1v) is 6.12. The minimum Gasteiger partial charge on any atom is -0.358 e. The number of rotatable bonds is 1. The second-order valence-electron chi connectivity index (χ2n) is 4.65. The van der Waals surface area contributed by atoms with Crippen LogP contribution in [-0.2, 0) is 6.42 Å². The Kier molecular flexibility index (Phi) is 2.32. The largest absolute Gasteiger partial charge is 0.358 e. The SMILES string of the molecule is C=CC1CCCCc2[nH]c3ccccc3c21.